The molecule has 5 nitrogen and oxygen atoms in total. The molecular weight excluding hydrogens is 325 g/mol. The summed E-state index contributed by atoms with van der Waals surface area (Å²) in [6.07, 6.45) is 1.12. The Morgan fingerprint density at radius 1 is 1.60 bits per heavy atom. The van der Waals surface area contributed by atoms with Crippen LogP contribution in [0.15, 0.2) is 6.07 Å². The van der Waals surface area contributed by atoms with Crippen molar-refractivity contribution in [1.29, 1.82) is 0 Å². The number of nitrogens with one attached hydrogen (secondary N) is 2. The van der Waals surface area contributed by atoms with Gasteiger partial charge in [-0.05, 0) is 19.9 Å². The van der Waals surface area contributed by atoms with Crippen LogP contribution < -0.4 is 15.4 Å². The van der Waals surface area contributed by atoms with Crippen molar-refractivity contribution >= 4 is 48.0 Å². The zero-order valence-corrected chi connectivity index (χ0v) is 13.6. The average molecular weight is 343 g/mol. The highest BCUT2D eigenvalue weighted by molar-refractivity contribution is 6.32. The predicted molar refractivity (Wildman–Crippen MR) is 84.7 cm³/mol. The van der Waals surface area contributed by atoms with Crippen LogP contribution in [0.1, 0.15) is 19.0 Å². The molecule has 0 spiro atoms. The molecule has 2 rings (SSSR count). The lowest BCUT2D eigenvalue weighted by Crippen LogP contribution is -2.46. The fourth-order valence-corrected chi connectivity index (χ4v) is 1.89. The van der Waals surface area contributed by atoms with Gasteiger partial charge >= 0.3 is 0 Å². The SMILES string of the molecule is CC(=O)Nc1cc(OC[C@@H]2CCN2)c(C)nc1Cl.Cl.Cl. The van der Waals surface area contributed by atoms with E-state index in [0.29, 0.717) is 29.8 Å². The molecule has 20 heavy (non-hydrogen) atoms. The van der Waals surface area contributed by atoms with Gasteiger partial charge < -0.3 is 15.4 Å². The number of halogens is 3. The molecule has 1 saturated heterocycles. The van der Waals surface area contributed by atoms with Crippen molar-refractivity contribution < 1.29 is 9.53 Å². The van der Waals surface area contributed by atoms with E-state index in [-0.39, 0.29) is 35.9 Å². The number of aryl methyl sites for hydroxylation is 1. The summed E-state index contributed by atoms with van der Waals surface area (Å²) in [5.41, 5.74) is 1.19. The standard InChI is InChI=1S/C12H16ClN3O2.2ClH/c1-7-11(18-6-9-3-4-14-9)5-10(12(13)15-7)16-8(2)17;;/h5,9,14H,3-4,6H2,1-2H3,(H,16,17);2*1H/t9-;;/m0../s1. The Labute approximate surface area is 135 Å². The molecule has 114 valence electrons. The maximum Gasteiger partial charge on any atom is 0.221 e. The second kappa shape index (κ2) is 8.52. The minimum atomic E-state index is -0.186. The summed E-state index contributed by atoms with van der Waals surface area (Å²) in [6.45, 7) is 4.90. The van der Waals surface area contributed by atoms with Gasteiger partial charge in [0, 0.05) is 19.0 Å². The van der Waals surface area contributed by atoms with Crippen LogP contribution in [0.2, 0.25) is 5.15 Å². The average Bonchev–Trinajstić information content (AvgIpc) is 2.21. The molecule has 8 heteroatoms. The highest BCUT2D eigenvalue weighted by atomic mass is 35.5. The van der Waals surface area contributed by atoms with Crippen molar-refractivity contribution in [1.82, 2.24) is 10.3 Å². The van der Waals surface area contributed by atoms with Gasteiger partial charge in [-0.15, -0.1) is 24.8 Å². The van der Waals surface area contributed by atoms with Gasteiger partial charge in [-0.1, -0.05) is 11.6 Å². The van der Waals surface area contributed by atoms with Gasteiger partial charge in [0.1, 0.15) is 12.4 Å². The number of pyridine rings is 1. The normalized spacial score (nSPS) is 16.2. The first kappa shape index (κ1) is 19.2. The van der Waals surface area contributed by atoms with Gasteiger partial charge in [-0.25, -0.2) is 4.98 Å². The molecule has 1 aliphatic heterocycles. The summed E-state index contributed by atoms with van der Waals surface area (Å²) in [5.74, 6) is 0.464. The van der Waals surface area contributed by atoms with E-state index in [2.05, 4.69) is 15.6 Å². The van der Waals surface area contributed by atoms with Crippen LogP contribution in [-0.4, -0.2) is 30.1 Å². The van der Waals surface area contributed by atoms with Crippen molar-refractivity contribution in [2.75, 3.05) is 18.5 Å². The Balaban J connectivity index is 0.00000180. The molecule has 0 radical (unpaired) electrons. The van der Waals surface area contributed by atoms with Crippen LogP contribution in [0, 0.1) is 6.92 Å². The summed E-state index contributed by atoms with van der Waals surface area (Å²) < 4.78 is 5.68. The van der Waals surface area contributed by atoms with Crippen LogP contribution in [0.4, 0.5) is 5.69 Å². The zero-order valence-electron chi connectivity index (χ0n) is 11.2. The lowest BCUT2D eigenvalue weighted by atomic mass is 10.1. The number of aromatic nitrogens is 1. The first-order valence-electron chi connectivity index (χ1n) is 5.87. The van der Waals surface area contributed by atoms with E-state index in [1.54, 1.807) is 6.07 Å². The van der Waals surface area contributed by atoms with Crippen LogP contribution >= 0.6 is 36.4 Å². The molecule has 0 aliphatic carbocycles. The maximum atomic E-state index is 11.0. The van der Waals surface area contributed by atoms with Gasteiger partial charge in [0.05, 0.1) is 11.4 Å². The fraction of sp³-hybridized carbons (Fsp3) is 0.500. The largest absolute Gasteiger partial charge is 0.490 e. The first-order valence-corrected chi connectivity index (χ1v) is 6.25. The number of carbonyl (C=O) groups excluding carboxylic acids is 1. The van der Waals surface area contributed by atoms with E-state index in [9.17, 15) is 4.79 Å². The summed E-state index contributed by atoms with van der Waals surface area (Å²) in [4.78, 5) is 15.2. The highest BCUT2D eigenvalue weighted by Gasteiger charge is 2.18. The molecule has 0 aromatic carbocycles. The molecule has 1 aromatic rings. The van der Waals surface area contributed by atoms with Gasteiger partial charge in [0.25, 0.3) is 0 Å². The lowest BCUT2D eigenvalue weighted by Gasteiger charge is -2.27. The minimum Gasteiger partial charge on any atom is -0.490 e. The quantitative estimate of drug-likeness (QED) is 0.826. The third-order valence-corrected chi connectivity index (χ3v) is 3.08. The van der Waals surface area contributed by atoms with E-state index in [1.807, 2.05) is 6.92 Å². The number of hydrogen-bond donors (Lipinski definition) is 2. The molecule has 0 unspecified atom stereocenters. The van der Waals surface area contributed by atoms with Crippen LogP contribution in [0.3, 0.4) is 0 Å². The van der Waals surface area contributed by atoms with Crippen molar-refractivity contribution in [2.24, 2.45) is 0 Å². The van der Waals surface area contributed by atoms with E-state index in [0.717, 1.165) is 13.0 Å². The van der Waals surface area contributed by atoms with Crippen LogP contribution in [-0.2, 0) is 4.79 Å². The third-order valence-electron chi connectivity index (χ3n) is 2.80. The van der Waals surface area contributed by atoms with E-state index < -0.39 is 0 Å². The third kappa shape index (κ3) is 4.98. The molecule has 2 heterocycles. The van der Waals surface area contributed by atoms with Crippen molar-refractivity contribution in [3.8, 4) is 5.75 Å². The predicted octanol–water partition coefficient (Wildman–Crippen LogP) is 2.59. The Morgan fingerprint density at radius 3 is 2.75 bits per heavy atom. The van der Waals surface area contributed by atoms with E-state index in [4.69, 9.17) is 16.3 Å². The molecule has 1 atom stereocenters. The molecule has 1 amide bonds. The summed E-state index contributed by atoms with van der Waals surface area (Å²) in [6, 6.07) is 2.12. The minimum absolute atomic E-state index is 0. The first-order chi connectivity index (χ1) is 8.56. The molecule has 1 fully saturated rings. The molecule has 2 N–H and O–H groups in total. The van der Waals surface area contributed by atoms with E-state index in [1.165, 1.54) is 6.92 Å². The number of hydrogen-bond acceptors (Lipinski definition) is 4. The highest BCUT2D eigenvalue weighted by Crippen LogP contribution is 2.27. The van der Waals surface area contributed by atoms with E-state index >= 15 is 0 Å². The molecule has 0 saturated carbocycles. The smallest absolute Gasteiger partial charge is 0.221 e. The van der Waals surface area contributed by atoms with Gasteiger partial charge in [-0.2, -0.15) is 0 Å². The second-order valence-corrected chi connectivity index (χ2v) is 4.70. The number of nitrogens with zero attached hydrogens (tertiary/aromatic N) is 1. The van der Waals surface area contributed by atoms with Gasteiger partial charge in [-0.3, -0.25) is 4.79 Å². The Kier molecular flexibility index (Phi) is 8.20. The topological polar surface area (TPSA) is 63.2 Å². The van der Waals surface area contributed by atoms with Crippen molar-refractivity contribution in [3.05, 3.63) is 16.9 Å². The van der Waals surface area contributed by atoms with Crippen LogP contribution in [0.5, 0.6) is 5.75 Å². The monoisotopic (exact) mass is 341 g/mol. The van der Waals surface area contributed by atoms with Crippen molar-refractivity contribution in [2.45, 2.75) is 26.3 Å². The number of ether oxygens (including phenoxy) is 1. The van der Waals surface area contributed by atoms with Gasteiger partial charge in [0.2, 0.25) is 5.91 Å². The number of amides is 1. The molecule has 0 bridgehead atoms. The number of carbonyl (C=O) groups is 1. The lowest BCUT2D eigenvalue weighted by molar-refractivity contribution is -0.114. The second-order valence-electron chi connectivity index (χ2n) is 4.34. The fourth-order valence-electron chi connectivity index (χ4n) is 1.66. The van der Waals surface area contributed by atoms with Gasteiger partial charge in [0.15, 0.2) is 5.15 Å². The molecule has 1 aromatic heterocycles. The summed E-state index contributed by atoms with van der Waals surface area (Å²) >= 11 is 5.95. The molecular formula is C12H18Cl3N3O2. The number of anilines is 1. The number of rotatable bonds is 4. The Morgan fingerprint density at radius 2 is 2.25 bits per heavy atom. The summed E-state index contributed by atoms with van der Waals surface area (Å²) in [7, 11) is 0. The summed E-state index contributed by atoms with van der Waals surface area (Å²) in [5, 5.41) is 6.15. The Bertz CT molecular complexity index is 468. The van der Waals surface area contributed by atoms with Crippen molar-refractivity contribution in [3.63, 3.8) is 0 Å². The maximum absolute atomic E-state index is 11.0. The zero-order chi connectivity index (χ0) is 13.1. The molecule has 1 aliphatic rings. The Hall–Kier alpha value is -0.750. The van der Waals surface area contributed by atoms with Crippen LogP contribution in [0.25, 0.3) is 0 Å².